The first-order valence-corrected chi connectivity index (χ1v) is 8.94. The molecule has 0 bridgehead atoms. The third-order valence-corrected chi connectivity index (χ3v) is 4.83. The second kappa shape index (κ2) is 6.80. The molecule has 134 valence electrons. The van der Waals surface area contributed by atoms with Crippen molar-refractivity contribution in [2.75, 3.05) is 5.32 Å². The molecule has 0 fully saturated rings. The number of amides is 2. The van der Waals surface area contributed by atoms with Crippen LogP contribution in [0.25, 0.3) is 11.0 Å². The number of aryl methyl sites for hydroxylation is 1. The SMILES string of the molecule is CCCn1cnc2cc(NC(=O)NC3c4ccccc4CC3O)ccc21. The molecule has 2 amide bonds. The molecule has 26 heavy (non-hydrogen) atoms. The van der Waals surface area contributed by atoms with Crippen molar-refractivity contribution in [2.45, 2.75) is 38.5 Å². The quantitative estimate of drug-likeness (QED) is 0.676. The lowest BCUT2D eigenvalue weighted by Crippen LogP contribution is -2.36. The van der Waals surface area contributed by atoms with Crippen LogP contribution in [0, 0.1) is 0 Å². The van der Waals surface area contributed by atoms with E-state index < -0.39 is 12.1 Å². The summed E-state index contributed by atoms with van der Waals surface area (Å²) in [6.45, 7) is 3.05. The summed E-state index contributed by atoms with van der Waals surface area (Å²) in [5.41, 5.74) is 4.63. The number of hydrogen-bond donors (Lipinski definition) is 3. The zero-order valence-corrected chi connectivity index (χ0v) is 14.6. The minimum absolute atomic E-state index is 0.335. The Kier molecular flexibility index (Phi) is 4.34. The van der Waals surface area contributed by atoms with Crippen molar-refractivity contribution in [1.29, 1.82) is 0 Å². The lowest BCUT2D eigenvalue weighted by atomic mass is 10.1. The van der Waals surface area contributed by atoms with Crippen molar-refractivity contribution in [1.82, 2.24) is 14.9 Å². The maximum atomic E-state index is 12.4. The molecule has 0 spiro atoms. The summed E-state index contributed by atoms with van der Waals surface area (Å²) < 4.78 is 2.10. The van der Waals surface area contributed by atoms with Gasteiger partial charge in [0.1, 0.15) is 0 Å². The number of nitrogens with one attached hydrogen (secondary N) is 2. The zero-order valence-electron chi connectivity index (χ0n) is 14.6. The number of fused-ring (bicyclic) bond motifs is 2. The number of aliphatic hydroxyl groups is 1. The standard InChI is InChI=1S/C20H22N4O2/c1-2-9-24-12-21-16-11-14(7-8-17(16)24)22-20(26)23-19-15-6-4-3-5-13(15)10-18(19)25/h3-8,11-12,18-19,25H,2,9-10H2,1H3,(H2,22,23,26). The first-order valence-electron chi connectivity index (χ1n) is 8.94. The number of nitrogens with zero attached hydrogens (tertiary/aromatic N) is 2. The Labute approximate surface area is 151 Å². The summed E-state index contributed by atoms with van der Waals surface area (Å²) in [5.74, 6) is 0. The Hall–Kier alpha value is -2.86. The Bertz CT molecular complexity index is 950. The molecule has 2 atom stereocenters. The molecule has 4 rings (SSSR count). The van der Waals surface area contributed by atoms with E-state index in [4.69, 9.17) is 0 Å². The monoisotopic (exact) mass is 350 g/mol. The van der Waals surface area contributed by atoms with Gasteiger partial charge in [-0.1, -0.05) is 31.2 Å². The van der Waals surface area contributed by atoms with Gasteiger partial charge in [0.15, 0.2) is 0 Å². The van der Waals surface area contributed by atoms with E-state index in [1.165, 1.54) is 0 Å². The van der Waals surface area contributed by atoms with Gasteiger partial charge in [-0.15, -0.1) is 0 Å². The highest BCUT2D eigenvalue weighted by Gasteiger charge is 2.31. The fourth-order valence-corrected chi connectivity index (χ4v) is 3.62. The van der Waals surface area contributed by atoms with Gasteiger partial charge < -0.3 is 20.3 Å². The van der Waals surface area contributed by atoms with Gasteiger partial charge in [0, 0.05) is 18.7 Å². The molecule has 6 nitrogen and oxygen atoms in total. The summed E-state index contributed by atoms with van der Waals surface area (Å²) in [5, 5.41) is 16.0. The number of rotatable bonds is 4. The number of benzene rings is 2. The Morgan fingerprint density at radius 1 is 1.31 bits per heavy atom. The molecule has 2 unspecified atom stereocenters. The number of aliphatic hydroxyl groups excluding tert-OH is 1. The van der Waals surface area contributed by atoms with E-state index >= 15 is 0 Å². The van der Waals surface area contributed by atoms with Gasteiger partial charge in [0.25, 0.3) is 0 Å². The van der Waals surface area contributed by atoms with E-state index in [1.54, 1.807) is 0 Å². The molecule has 2 aromatic carbocycles. The molecule has 1 aliphatic rings. The Morgan fingerprint density at radius 3 is 3.00 bits per heavy atom. The average molecular weight is 350 g/mol. The minimum Gasteiger partial charge on any atom is -0.390 e. The first kappa shape index (κ1) is 16.6. The van der Waals surface area contributed by atoms with Crippen molar-refractivity contribution in [2.24, 2.45) is 0 Å². The maximum absolute atomic E-state index is 12.4. The highest BCUT2D eigenvalue weighted by Crippen LogP contribution is 2.31. The third-order valence-electron chi connectivity index (χ3n) is 4.83. The van der Waals surface area contributed by atoms with Crippen LogP contribution in [0.4, 0.5) is 10.5 Å². The third kappa shape index (κ3) is 3.04. The largest absolute Gasteiger partial charge is 0.390 e. The van der Waals surface area contributed by atoms with Crippen LogP contribution in [-0.2, 0) is 13.0 Å². The summed E-state index contributed by atoms with van der Waals surface area (Å²) in [4.78, 5) is 16.8. The van der Waals surface area contributed by atoms with Gasteiger partial charge in [0.05, 0.1) is 29.5 Å². The number of hydrogen-bond acceptors (Lipinski definition) is 3. The van der Waals surface area contributed by atoms with E-state index in [9.17, 15) is 9.90 Å². The normalized spacial score (nSPS) is 18.7. The van der Waals surface area contributed by atoms with Crippen molar-refractivity contribution < 1.29 is 9.90 Å². The second-order valence-corrected chi connectivity index (χ2v) is 6.69. The van der Waals surface area contributed by atoms with Gasteiger partial charge in [-0.25, -0.2) is 9.78 Å². The number of anilines is 1. The molecular formula is C20H22N4O2. The predicted octanol–water partition coefficient (Wildman–Crippen LogP) is 3.23. The zero-order chi connectivity index (χ0) is 18.1. The molecule has 3 aromatic rings. The number of imidazole rings is 1. The molecule has 0 saturated heterocycles. The smallest absolute Gasteiger partial charge is 0.319 e. The van der Waals surface area contributed by atoms with Gasteiger partial charge in [-0.05, 0) is 35.7 Å². The van der Waals surface area contributed by atoms with Crippen LogP contribution in [0.3, 0.4) is 0 Å². The number of urea groups is 1. The Balaban J connectivity index is 1.47. The van der Waals surface area contributed by atoms with Gasteiger partial charge >= 0.3 is 6.03 Å². The van der Waals surface area contributed by atoms with Crippen LogP contribution in [0.1, 0.15) is 30.5 Å². The van der Waals surface area contributed by atoms with Crippen LogP contribution < -0.4 is 10.6 Å². The fourth-order valence-electron chi connectivity index (χ4n) is 3.62. The molecule has 6 heteroatoms. The average Bonchev–Trinajstić information content (AvgIpc) is 3.16. The topological polar surface area (TPSA) is 79.2 Å². The molecule has 3 N–H and O–H groups in total. The second-order valence-electron chi connectivity index (χ2n) is 6.69. The molecule has 0 saturated carbocycles. The minimum atomic E-state index is -0.606. The van der Waals surface area contributed by atoms with Crippen LogP contribution in [0.15, 0.2) is 48.8 Å². The number of aromatic nitrogens is 2. The first-order chi connectivity index (χ1) is 12.7. The van der Waals surface area contributed by atoms with Crippen LogP contribution in [0.2, 0.25) is 0 Å². The van der Waals surface area contributed by atoms with Crippen molar-refractivity contribution >= 4 is 22.8 Å². The number of carbonyl (C=O) groups excluding carboxylic acids is 1. The van der Waals surface area contributed by atoms with Crippen molar-refractivity contribution in [3.63, 3.8) is 0 Å². The Morgan fingerprint density at radius 2 is 2.15 bits per heavy atom. The van der Waals surface area contributed by atoms with Gasteiger partial charge in [0.2, 0.25) is 0 Å². The van der Waals surface area contributed by atoms with Crippen molar-refractivity contribution in [3.05, 3.63) is 59.9 Å². The highest BCUT2D eigenvalue weighted by molar-refractivity contribution is 5.92. The van der Waals surface area contributed by atoms with Gasteiger partial charge in [-0.2, -0.15) is 0 Å². The van der Waals surface area contributed by atoms with E-state index in [-0.39, 0.29) is 6.03 Å². The maximum Gasteiger partial charge on any atom is 0.319 e. The molecule has 0 aliphatic heterocycles. The molecule has 1 heterocycles. The summed E-state index contributed by atoms with van der Waals surface area (Å²) in [6, 6.07) is 12.8. The predicted molar refractivity (Wildman–Crippen MR) is 101 cm³/mol. The van der Waals surface area contributed by atoms with E-state index in [0.717, 1.165) is 35.1 Å². The van der Waals surface area contributed by atoms with E-state index in [0.29, 0.717) is 12.1 Å². The molecule has 1 aromatic heterocycles. The van der Waals surface area contributed by atoms with E-state index in [1.807, 2.05) is 48.8 Å². The highest BCUT2D eigenvalue weighted by atomic mass is 16.3. The van der Waals surface area contributed by atoms with Crippen LogP contribution >= 0.6 is 0 Å². The van der Waals surface area contributed by atoms with Crippen LogP contribution in [0.5, 0.6) is 0 Å². The van der Waals surface area contributed by atoms with Crippen LogP contribution in [-0.4, -0.2) is 26.8 Å². The fraction of sp³-hybridized carbons (Fsp3) is 0.300. The lowest BCUT2D eigenvalue weighted by molar-refractivity contribution is 0.144. The summed E-state index contributed by atoms with van der Waals surface area (Å²) >= 11 is 0. The van der Waals surface area contributed by atoms with Crippen molar-refractivity contribution in [3.8, 4) is 0 Å². The summed E-state index contributed by atoms with van der Waals surface area (Å²) in [6.07, 6.45) is 2.82. The van der Waals surface area contributed by atoms with Gasteiger partial charge in [-0.3, -0.25) is 0 Å². The molecule has 0 radical (unpaired) electrons. The number of carbonyl (C=O) groups is 1. The van der Waals surface area contributed by atoms with E-state index in [2.05, 4.69) is 27.1 Å². The lowest BCUT2D eigenvalue weighted by Gasteiger charge is -2.18. The molecular weight excluding hydrogens is 328 g/mol. The summed E-state index contributed by atoms with van der Waals surface area (Å²) in [7, 11) is 0. The molecule has 1 aliphatic carbocycles.